The van der Waals surface area contributed by atoms with E-state index in [0.29, 0.717) is 29.3 Å². The van der Waals surface area contributed by atoms with Gasteiger partial charge >= 0.3 is 0 Å². The molecule has 0 aliphatic heterocycles. The average Bonchev–Trinajstić information content (AvgIpc) is 2.56. The molecule has 1 aromatic heterocycles. The number of nitrogens with zero attached hydrogens (tertiary/aromatic N) is 2. The van der Waals surface area contributed by atoms with Crippen LogP contribution in [0.25, 0.3) is 0 Å². The molecular weight excluding hydrogens is 308 g/mol. The highest BCUT2D eigenvalue weighted by Gasteiger charge is 2.14. The van der Waals surface area contributed by atoms with Gasteiger partial charge in [0.05, 0.1) is 7.11 Å². The van der Waals surface area contributed by atoms with E-state index in [0.717, 1.165) is 5.75 Å². The van der Waals surface area contributed by atoms with Crippen molar-refractivity contribution in [1.29, 1.82) is 0 Å². The minimum atomic E-state index is 0.366. The zero-order chi connectivity index (χ0) is 16.8. The normalized spacial score (nSPS) is 10.5. The van der Waals surface area contributed by atoms with Gasteiger partial charge in [-0.25, -0.2) is 0 Å². The third-order valence-corrected chi connectivity index (χ3v) is 3.79. The maximum absolute atomic E-state index is 5.81. The third kappa shape index (κ3) is 4.42. The molecule has 0 aliphatic carbocycles. The number of aromatic nitrogens is 1. The summed E-state index contributed by atoms with van der Waals surface area (Å²) in [6.07, 6.45) is 0. The second-order valence-corrected chi connectivity index (χ2v) is 5.72. The molecule has 0 atom stereocenters. The molecule has 2 rings (SSSR count). The van der Waals surface area contributed by atoms with E-state index in [4.69, 9.17) is 21.7 Å². The van der Waals surface area contributed by atoms with E-state index in [1.807, 2.05) is 36.1 Å². The molecule has 0 fully saturated rings. The van der Waals surface area contributed by atoms with Crippen LogP contribution in [0.15, 0.2) is 42.5 Å². The summed E-state index contributed by atoms with van der Waals surface area (Å²) in [7, 11) is 1.59. The first-order chi connectivity index (χ1) is 11.0. The fraction of sp³-hybridized carbons (Fsp3) is 0.333. The standard InChI is InChI=1S/C18H22N2O2S/c1-5-20(16-7-6-8-17(19-16)21-4)18(23)22-15-11-9-14(10-12-15)13(2)3/h6-13H,5H2,1-4H3. The van der Waals surface area contributed by atoms with Crippen molar-refractivity contribution in [3.63, 3.8) is 0 Å². The summed E-state index contributed by atoms with van der Waals surface area (Å²) in [5, 5.41) is 0.366. The van der Waals surface area contributed by atoms with Crippen molar-refractivity contribution >= 4 is 23.2 Å². The molecule has 0 radical (unpaired) electrons. The van der Waals surface area contributed by atoms with Gasteiger partial charge in [-0.2, -0.15) is 4.98 Å². The minimum absolute atomic E-state index is 0.366. The molecule has 0 unspecified atom stereocenters. The van der Waals surface area contributed by atoms with Crippen molar-refractivity contribution in [2.45, 2.75) is 26.7 Å². The zero-order valence-corrected chi connectivity index (χ0v) is 14.8. The summed E-state index contributed by atoms with van der Waals surface area (Å²) in [6.45, 7) is 6.98. The van der Waals surface area contributed by atoms with Crippen LogP contribution in [0.3, 0.4) is 0 Å². The lowest BCUT2D eigenvalue weighted by Gasteiger charge is -2.22. The first kappa shape index (κ1) is 17.2. The topological polar surface area (TPSA) is 34.6 Å². The highest BCUT2D eigenvalue weighted by atomic mass is 32.1. The smallest absolute Gasteiger partial charge is 0.270 e. The zero-order valence-electron chi connectivity index (χ0n) is 13.9. The summed E-state index contributed by atoms with van der Waals surface area (Å²) in [6, 6.07) is 13.5. The number of hydrogen-bond acceptors (Lipinski definition) is 4. The van der Waals surface area contributed by atoms with Gasteiger partial charge in [0.1, 0.15) is 11.6 Å². The largest absolute Gasteiger partial charge is 0.481 e. The molecule has 0 N–H and O–H groups in total. The number of rotatable bonds is 5. The lowest BCUT2D eigenvalue weighted by Crippen LogP contribution is -2.33. The average molecular weight is 330 g/mol. The van der Waals surface area contributed by atoms with Gasteiger partial charge in [0.15, 0.2) is 0 Å². The Bertz CT molecular complexity index is 656. The molecular formula is C18H22N2O2S. The second kappa shape index (κ2) is 7.92. The van der Waals surface area contributed by atoms with Crippen LogP contribution in [0.4, 0.5) is 5.82 Å². The summed E-state index contributed by atoms with van der Waals surface area (Å²) < 4.78 is 11.0. The van der Waals surface area contributed by atoms with Crippen LogP contribution in [0, 0.1) is 0 Å². The maximum Gasteiger partial charge on any atom is 0.270 e. The van der Waals surface area contributed by atoms with Crippen LogP contribution in [-0.4, -0.2) is 23.8 Å². The number of benzene rings is 1. The number of methoxy groups -OCH3 is 1. The van der Waals surface area contributed by atoms with E-state index in [-0.39, 0.29) is 0 Å². The number of ether oxygens (including phenoxy) is 2. The molecule has 1 heterocycles. The van der Waals surface area contributed by atoms with Gasteiger partial charge in [0, 0.05) is 12.6 Å². The lowest BCUT2D eigenvalue weighted by molar-refractivity contribution is 0.398. The summed E-state index contributed by atoms with van der Waals surface area (Å²) in [5.41, 5.74) is 1.27. The Balaban J connectivity index is 2.13. The monoisotopic (exact) mass is 330 g/mol. The van der Waals surface area contributed by atoms with E-state index >= 15 is 0 Å². The Kier molecular flexibility index (Phi) is 5.93. The van der Waals surface area contributed by atoms with E-state index in [2.05, 4.69) is 31.0 Å². The third-order valence-electron chi connectivity index (χ3n) is 3.48. The number of thiocarbonyl (C=S) groups is 1. The number of anilines is 1. The van der Waals surface area contributed by atoms with Crippen molar-refractivity contribution in [3.05, 3.63) is 48.0 Å². The van der Waals surface area contributed by atoms with Gasteiger partial charge in [-0.05, 0) is 48.8 Å². The van der Waals surface area contributed by atoms with Gasteiger partial charge in [-0.1, -0.05) is 32.0 Å². The fourth-order valence-corrected chi connectivity index (χ4v) is 2.45. The molecule has 0 bridgehead atoms. The van der Waals surface area contributed by atoms with Crippen molar-refractivity contribution in [1.82, 2.24) is 4.98 Å². The molecule has 4 nitrogen and oxygen atoms in total. The first-order valence-corrected chi connectivity index (χ1v) is 8.06. The molecule has 122 valence electrons. The lowest BCUT2D eigenvalue weighted by atomic mass is 10.0. The van der Waals surface area contributed by atoms with Crippen molar-refractivity contribution in [2.24, 2.45) is 0 Å². The van der Waals surface area contributed by atoms with Crippen LogP contribution in [-0.2, 0) is 0 Å². The molecule has 23 heavy (non-hydrogen) atoms. The van der Waals surface area contributed by atoms with Gasteiger partial charge < -0.3 is 9.47 Å². The Labute approximate surface area is 143 Å². The van der Waals surface area contributed by atoms with Crippen molar-refractivity contribution in [2.75, 3.05) is 18.6 Å². The van der Waals surface area contributed by atoms with Crippen LogP contribution >= 0.6 is 12.2 Å². The van der Waals surface area contributed by atoms with Crippen LogP contribution in [0.1, 0.15) is 32.3 Å². The van der Waals surface area contributed by atoms with Gasteiger partial charge in [0.25, 0.3) is 5.17 Å². The Morgan fingerprint density at radius 1 is 1.17 bits per heavy atom. The fourth-order valence-electron chi connectivity index (χ4n) is 2.13. The highest BCUT2D eigenvalue weighted by Crippen LogP contribution is 2.21. The Morgan fingerprint density at radius 3 is 2.43 bits per heavy atom. The molecule has 1 aromatic carbocycles. The quantitative estimate of drug-likeness (QED) is 0.759. The number of hydrogen-bond donors (Lipinski definition) is 0. The molecule has 0 amide bonds. The minimum Gasteiger partial charge on any atom is -0.481 e. The molecule has 5 heteroatoms. The Morgan fingerprint density at radius 2 is 1.87 bits per heavy atom. The SMILES string of the molecule is CCN(C(=S)Oc1ccc(C(C)C)cc1)c1cccc(OC)n1. The maximum atomic E-state index is 5.81. The second-order valence-electron chi connectivity index (χ2n) is 5.37. The Hall–Kier alpha value is -2.14. The van der Waals surface area contributed by atoms with E-state index in [1.165, 1.54) is 5.56 Å². The van der Waals surface area contributed by atoms with E-state index in [9.17, 15) is 0 Å². The van der Waals surface area contributed by atoms with Crippen molar-refractivity contribution in [3.8, 4) is 11.6 Å². The van der Waals surface area contributed by atoms with Gasteiger partial charge in [-0.15, -0.1) is 0 Å². The highest BCUT2D eigenvalue weighted by molar-refractivity contribution is 7.80. The van der Waals surface area contributed by atoms with Crippen LogP contribution in [0.2, 0.25) is 0 Å². The van der Waals surface area contributed by atoms with Gasteiger partial charge in [-0.3, -0.25) is 4.90 Å². The van der Waals surface area contributed by atoms with Crippen LogP contribution in [0.5, 0.6) is 11.6 Å². The summed E-state index contributed by atoms with van der Waals surface area (Å²) in [5.74, 6) is 2.46. The summed E-state index contributed by atoms with van der Waals surface area (Å²) >= 11 is 5.43. The molecule has 0 saturated heterocycles. The van der Waals surface area contributed by atoms with Crippen LogP contribution < -0.4 is 14.4 Å². The van der Waals surface area contributed by atoms with E-state index in [1.54, 1.807) is 13.2 Å². The van der Waals surface area contributed by atoms with E-state index < -0.39 is 0 Å². The number of pyridine rings is 1. The predicted octanol–water partition coefficient (Wildman–Crippen LogP) is 4.40. The van der Waals surface area contributed by atoms with Crippen molar-refractivity contribution < 1.29 is 9.47 Å². The first-order valence-electron chi connectivity index (χ1n) is 7.65. The molecule has 0 spiro atoms. The van der Waals surface area contributed by atoms with Gasteiger partial charge in [0.2, 0.25) is 5.88 Å². The molecule has 0 aliphatic rings. The predicted molar refractivity (Wildman–Crippen MR) is 97.6 cm³/mol. The molecule has 2 aromatic rings. The summed E-state index contributed by atoms with van der Waals surface area (Å²) in [4.78, 5) is 6.23. The molecule has 0 saturated carbocycles.